The van der Waals surface area contributed by atoms with Crippen molar-refractivity contribution in [3.63, 3.8) is 0 Å². The van der Waals surface area contributed by atoms with Crippen LogP contribution < -0.4 is 5.32 Å². The number of aliphatic hydroxyl groups is 1. The first-order chi connectivity index (χ1) is 7.61. The first kappa shape index (κ1) is 11.8. The highest BCUT2D eigenvalue weighted by molar-refractivity contribution is 8.00. The molecule has 2 N–H and O–H groups in total. The summed E-state index contributed by atoms with van der Waals surface area (Å²) in [5, 5.41) is 12.3. The van der Waals surface area contributed by atoms with Crippen LogP contribution in [0.3, 0.4) is 0 Å². The molecule has 1 aromatic carbocycles. The Morgan fingerprint density at radius 2 is 2.38 bits per heavy atom. The maximum Gasteiger partial charge on any atom is 0.237 e. The van der Waals surface area contributed by atoms with Crippen molar-refractivity contribution in [2.24, 2.45) is 0 Å². The first-order valence-corrected chi connectivity index (χ1v) is 6.38. The van der Waals surface area contributed by atoms with Crippen molar-refractivity contribution in [3.8, 4) is 0 Å². The van der Waals surface area contributed by atoms with E-state index in [2.05, 4.69) is 5.32 Å². The number of thioether (sulfide) groups is 1. The number of hydrogen-bond donors (Lipinski definition) is 2. The fourth-order valence-corrected chi connectivity index (χ4v) is 2.63. The van der Waals surface area contributed by atoms with Gasteiger partial charge in [-0.15, -0.1) is 23.4 Å². The molecule has 0 saturated heterocycles. The number of halogens is 1. The SMILES string of the molecule is CC1Sc2ccc(C(O)CCl)cc2NC1=O. The molecule has 0 aromatic heterocycles. The first-order valence-electron chi connectivity index (χ1n) is 4.97. The lowest BCUT2D eigenvalue weighted by Crippen LogP contribution is -2.26. The lowest BCUT2D eigenvalue weighted by atomic mass is 10.1. The van der Waals surface area contributed by atoms with Crippen LogP contribution in [0.15, 0.2) is 23.1 Å². The van der Waals surface area contributed by atoms with Crippen molar-refractivity contribution in [2.75, 3.05) is 11.2 Å². The van der Waals surface area contributed by atoms with E-state index in [9.17, 15) is 9.90 Å². The fraction of sp³-hybridized carbons (Fsp3) is 0.364. The zero-order valence-electron chi connectivity index (χ0n) is 8.74. The van der Waals surface area contributed by atoms with Crippen molar-refractivity contribution in [1.29, 1.82) is 0 Å². The molecule has 2 unspecified atom stereocenters. The van der Waals surface area contributed by atoms with E-state index in [1.54, 1.807) is 6.07 Å². The van der Waals surface area contributed by atoms with Gasteiger partial charge in [-0.1, -0.05) is 6.07 Å². The summed E-state index contributed by atoms with van der Waals surface area (Å²) in [5.74, 6) is 0.144. The molecule has 86 valence electrons. The van der Waals surface area contributed by atoms with Crippen LogP contribution >= 0.6 is 23.4 Å². The zero-order chi connectivity index (χ0) is 11.7. The molecule has 1 heterocycles. The van der Waals surface area contributed by atoms with Crippen molar-refractivity contribution in [1.82, 2.24) is 0 Å². The van der Waals surface area contributed by atoms with Gasteiger partial charge in [0, 0.05) is 4.90 Å². The van der Waals surface area contributed by atoms with Crippen molar-refractivity contribution in [3.05, 3.63) is 23.8 Å². The summed E-state index contributed by atoms with van der Waals surface area (Å²) in [4.78, 5) is 12.5. The summed E-state index contributed by atoms with van der Waals surface area (Å²) >= 11 is 7.10. The van der Waals surface area contributed by atoms with Crippen LogP contribution in [0.4, 0.5) is 5.69 Å². The molecular weight excluding hydrogens is 246 g/mol. The predicted octanol–water partition coefficient (Wildman–Crippen LogP) is 2.39. The highest BCUT2D eigenvalue weighted by Crippen LogP contribution is 2.36. The number of fused-ring (bicyclic) bond motifs is 1. The second kappa shape index (κ2) is 4.65. The number of carbonyl (C=O) groups excluding carboxylic acids is 1. The van der Waals surface area contributed by atoms with E-state index in [4.69, 9.17) is 11.6 Å². The smallest absolute Gasteiger partial charge is 0.237 e. The number of aliphatic hydroxyl groups excluding tert-OH is 1. The molecule has 0 bridgehead atoms. The van der Waals surface area contributed by atoms with Crippen LogP contribution in [-0.4, -0.2) is 22.1 Å². The van der Waals surface area contributed by atoms with Gasteiger partial charge in [-0.25, -0.2) is 0 Å². The summed E-state index contributed by atoms with van der Waals surface area (Å²) in [7, 11) is 0. The van der Waals surface area contributed by atoms with E-state index in [0.29, 0.717) is 0 Å². The Labute approximate surface area is 103 Å². The van der Waals surface area contributed by atoms with Crippen LogP contribution in [-0.2, 0) is 4.79 Å². The molecule has 5 heteroatoms. The van der Waals surface area contributed by atoms with Gasteiger partial charge in [-0.2, -0.15) is 0 Å². The summed E-state index contributed by atoms with van der Waals surface area (Å²) in [5.41, 5.74) is 1.49. The Morgan fingerprint density at radius 3 is 3.06 bits per heavy atom. The molecule has 1 aliphatic rings. The Hall–Kier alpha value is -0.710. The minimum absolute atomic E-state index is 0.00462. The number of alkyl halides is 1. The maximum atomic E-state index is 11.5. The van der Waals surface area contributed by atoms with Crippen LogP contribution in [0.2, 0.25) is 0 Å². The Bertz CT molecular complexity index is 424. The highest BCUT2D eigenvalue weighted by Gasteiger charge is 2.23. The number of rotatable bonds is 2. The molecular formula is C11H12ClNO2S. The number of hydrogen-bond acceptors (Lipinski definition) is 3. The molecule has 0 radical (unpaired) electrons. The molecule has 1 aromatic rings. The number of carbonyl (C=O) groups is 1. The molecule has 2 atom stereocenters. The van der Waals surface area contributed by atoms with Gasteiger partial charge in [0.1, 0.15) is 0 Å². The Morgan fingerprint density at radius 1 is 1.62 bits per heavy atom. The van der Waals surface area contributed by atoms with Gasteiger partial charge in [0.05, 0.1) is 22.9 Å². The maximum absolute atomic E-state index is 11.5. The molecule has 0 spiro atoms. The van der Waals surface area contributed by atoms with Crippen LogP contribution in [0.1, 0.15) is 18.6 Å². The summed E-state index contributed by atoms with van der Waals surface area (Å²) < 4.78 is 0. The monoisotopic (exact) mass is 257 g/mol. The lowest BCUT2D eigenvalue weighted by Gasteiger charge is -2.22. The van der Waals surface area contributed by atoms with E-state index in [0.717, 1.165) is 16.1 Å². The van der Waals surface area contributed by atoms with Gasteiger partial charge in [-0.05, 0) is 24.6 Å². The van der Waals surface area contributed by atoms with Crippen LogP contribution in [0.5, 0.6) is 0 Å². The predicted molar refractivity (Wildman–Crippen MR) is 66.1 cm³/mol. The number of anilines is 1. The molecule has 3 nitrogen and oxygen atoms in total. The molecule has 1 amide bonds. The summed E-state index contributed by atoms with van der Waals surface area (Å²) in [6.45, 7) is 1.87. The normalized spacial score (nSPS) is 21.2. The molecule has 1 aliphatic heterocycles. The third-order valence-corrected chi connectivity index (χ3v) is 3.94. The van der Waals surface area contributed by atoms with Crippen molar-refractivity contribution < 1.29 is 9.90 Å². The third-order valence-electron chi connectivity index (χ3n) is 2.47. The van der Waals surface area contributed by atoms with Gasteiger partial charge < -0.3 is 10.4 Å². The minimum atomic E-state index is -0.687. The van der Waals surface area contributed by atoms with Gasteiger partial charge in [-0.3, -0.25) is 4.79 Å². The van der Waals surface area contributed by atoms with Gasteiger partial charge in [0.15, 0.2) is 0 Å². The van der Waals surface area contributed by atoms with Gasteiger partial charge in [0.25, 0.3) is 0 Å². The van der Waals surface area contributed by atoms with Crippen molar-refractivity contribution in [2.45, 2.75) is 23.2 Å². The fourth-order valence-electron chi connectivity index (χ4n) is 1.52. The van der Waals surface area contributed by atoms with E-state index in [1.165, 1.54) is 11.8 Å². The average molecular weight is 258 g/mol. The highest BCUT2D eigenvalue weighted by atomic mass is 35.5. The van der Waals surface area contributed by atoms with E-state index < -0.39 is 6.10 Å². The van der Waals surface area contributed by atoms with E-state index in [-0.39, 0.29) is 17.0 Å². The lowest BCUT2D eigenvalue weighted by molar-refractivity contribution is -0.115. The third kappa shape index (κ3) is 2.19. The largest absolute Gasteiger partial charge is 0.387 e. The van der Waals surface area contributed by atoms with Crippen LogP contribution in [0.25, 0.3) is 0 Å². The van der Waals surface area contributed by atoms with Gasteiger partial charge in [0.2, 0.25) is 5.91 Å². The van der Waals surface area contributed by atoms with Crippen LogP contribution in [0, 0.1) is 0 Å². The average Bonchev–Trinajstić information content (AvgIpc) is 2.29. The second-order valence-corrected chi connectivity index (χ2v) is 5.37. The molecule has 0 fully saturated rings. The summed E-state index contributed by atoms with van der Waals surface area (Å²) in [6, 6.07) is 5.52. The van der Waals surface area contributed by atoms with E-state index >= 15 is 0 Å². The molecule has 0 saturated carbocycles. The second-order valence-electron chi connectivity index (χ2n) is 3.68. The number of benzene rings is 1. The molecule has 16 heavy (non-hydrogen) atoms. The molecule has 0 aliphatic carbocycles. The number of nitrogens with one attached hydrogen (secondary N) is 1. The van der Waals surface area contributed by atoms with Crippen molar-refractivity contribution >= 4 is 35.0 Å². The zero-order valence-corrected chi connectivity index (χ0v) is 10.3. The minimum Gasteiger partial charge on any atom is -0.387 e. The Kier molecular flexibility index (Phi) is 3.42. The Balaban J connectivity index is 2.32. The summed E-state index contributed by atoms with van der Waals surface area (Å²) in [6.07, 6.45) is -0.687. The topological polar surface area (TPSA) is 49.3 Å². The number of amides is 1. The molecule has 2 rings (SSSR count). The quantitative estimate of drug-likeness (QED) is 0.800. The van der Waals surface area contributed by atoms with Gasteiger partial charge >= 0.3 is 0 Å². The van der Waals surface area contributed by atoms with E-state index in [1.807, 2.05) is 19.1 Å². The standard InChI is InChI=1S/C11H12ClNO2S/c1-6-11(15)13-8-4-7(9(14)5-12)2-3-10(8)16-6/h2-4,6,9,14H,5H2,1H3,(H,13,15).